The minimum atomic E-state index is 0.0422. The molecule has 2 saturated heterocycles. The van der Waals surface area contributed by atoms with Gasteiger partial charge in [-0.05, 0) is 30.9 Å². The summed E-state index contributed by atoms with van der Waals surface area (Å²) in [5.74, 6) is 1.43. The van der Waals surface area contributed by atoms with Crippen LogP contribution in [0.2, 0.25) is 0 Å². The van der Waals surface area contributed by atoms with E-state index in [9.17, 15) is 0 Å². The first kappa shape index (κ1) is 15.6. The van der Waals surface area contributed by atoms with Crippen molar-refractivity contribution in [2.75, 3.05) is 26.3 Å². The van der Waals surface area contributed by atoms with Crippen LogP contribution in [0.4, 0.5) is 0 Å². The number of aryl methyl sites for hydroxylation is 1. The minimum Gasteiger partial charge on any atom is -0.492 e. The van der Waals surface area contributed by atoms with Crippen LogP contribution in [0, 0.1) is 5.92 Å². The van der Waals surface area contributed by atoms with Gasteiger partial charge in [-0.1, -0.05) is 0 Å². The Bertz CT molecular complexity index is 667. The molecule has 0 unspecified atom stereocenters. The predicted octanol–water partition coefficient (Wildman–Crippen LogP) is 1.88. The number of hydrogen-bond donors (Lipinski definition) is 0. The molecule has 1 atom stereocenters. The molecule has 6 nitrogen and oxygen atoms in total. The average Bonchev–Trinajstić information content (AvgIpc) is 3.15. The van der Waals surface area contributed by atoms with E-state index < -0.39 is 0 Å². The van der Waals surface area contributed by atoms with E-state index >= 15 is 0 Å². The Balaban J connectivity index is 1.26. The molecule has 4 rings (SSSR count). The zero-order valence-electron chi connectivity index (χ0n) is 14.1. The van der Waals surface area contributed by atoms with Crippen LogP contribution < -0.4 is 4.74 Å². The highest BCUT2D eigenvalue weighted by atomic mass is 16.5. The third kappa shape index (κ3) is 3.16. The Morgan fingerprint density at radius 1 is 1.38 bits per heavy atom. The largest absolute Gasteiger partial charge is 0.492 e. The third-order valence-electron chi connectivity index (χ3n) is 5.12. The summed E-state index contributed by atoms with van der Waals surface area (Å²) in [6.07, 6.45) is 9.73. The number of likely N-dealkylation sites (tertiary alicyclic amines) is 1. The zero-order valence-corrected chi connectivity index (χ0v) is 14.1. The van der Waals surface area contributed by atoms with Crippen molar-refractivity contribution >= 4 is 0 Å². The van der Waals surface area contributed by atoms with Crippen molar-refractivity contribution in [3.8, 4) is 5.75 Å². The van der Waals surface area contributed by atoms with Crippen molar-refractivity contribution in [3.63, 3.8) is 0 Å². The maximum absolute atomic E-state index is 6.13. The fourth-order valence-electron chi connectivity index (χ4n) is 3.93. The Morgan fingerprint density at radius 2 is 2.29 bits per heavy atom. The van der Waals surface area contributed by atoms with E-state index in [1.165, 1.54) is 5.56 Å². The molecule has 0 radical (unpaired) electrons. The van der Waals surface area contributed by atoms with E-state index in [0.29, 0.717) is 5.92 Å². The molecule has 0 N–H and O–H groups in total. The van der Waals surface area contributed by atoms with E-state index in [2.05, 4.69) is 21.2 Å². The lowest BCUT2D eigenvalue weighted by Crippen LogP contribution is -2.64. The molecule has 128 valence electrons. The second-order valence-corrected chi connectivity index (χ2v) is 6.89. The van der Waals surface area contributed by atoms with Crippen LogP contribution >= 0.6 is 0 Å². The summed E-state index contributed by atoms with van der Waals surface area (Å²) in [7, 11) is 1.96. The Kier molecular flexibility index (Phi) is 4.24. The van der Waals surface area contributed by atoms with Crippen LogP contribution in [0.1, 0.15) is 18.4 Å². The molecule has 2 aliphatic heterocycles. The van der Waals surface area contributed by atoms with Gasteiger partial charge in [0.25, 0.3) is 0 Å². The summed E-state index contributed by atoms with van der Waals surface area (Å²) < 4.78 is 13.8. The molecular weight excluding hydrogens is 304 g/mol. The van der Waals surface area contributed by atoms with Crippen LogP contribution in [0.3, 0.4) is 0 Å². The molecule has 0 aliphatic carbocycles. The molecule has 2 aromatic rings. The standard InChI is InChI=1S/C18H24N4O2/c1-21-11-15(9-20-21)12-22-13-18(14-22)16(5-8-24-18)4-7-23-17-3-2-6-19-10-17/h2-3,6,9-11,16H,4-5,7-8,12-14H2,1H3/t16-/m1/s1. The molecule has 2 aliphatic rings. The number of hydrogen-bond acceptors (Lipinski definition) is 5. The molecule has 0 amide bonds. The van der Waals surface area contributed by atoms with E-state index in [0.717, 1.165) is 51.4 Å². The van der Waals surface area contributed by atoms with Gasteiger partial charge in [-0.25, -0.2) is 0 Å². The van der Waals surface area contributed by atoms with Gasteiger partial charge in [0.15, 0.2) is 0 Å². The van der Waals surface area contributed by atoms with E-state index in [-0.39, 0.29) is 5.60 Å². The quantitative estimate of drug-likeness (QED) is 0.810. The molecule has 0 bridgehead atoms. The molecule has 4 heterocycles. The maximum Gasteiger partial charge on any atom is 0.137 e. The highest BCUT2D eigenvalue weighted by molar-refractivity contribution is 5.15. The van der Waals surface area contributed by atoms with E-state index in [1.807, 2.05) is 30.1 Å². The zero-order chi connectivity index (χ0) is 16.4. The summed E-state index contributed by atoms with van der Waals surface area (Å²) in [5.41, 5.74) is 1.31. The molecule has 0 aromatic carbocycles. The number of pyridine rings is 1. The lowest BCUT2D eigenvalue weighted by Gasteiger charge is -2.50. The minimum absolute atomic E-state index is 0.0422. The number of nitrogens with zero attached hydrogens (tertiary/aromatic N) is 4. The first-order chi connectivity index (χ1) is 11.7. The fourth-order valence-corrected chi connectivity index (χ4v) is 3.93. The van der Waals surface area contributed by atoms with Gasteiger partial charge in [-0.15, -0.1) is 0 Å². The van der Waals surface area contributed by atoms with Crippen LogP contribution in [0.5, 0.6) is 5.75 Å². The summed E-state index contributed by atoms with van der Waals surface area (Å²) in [6.45, 7) is 4.58. The van der Waals surface area contributed by atoms with Gasteiger partial charge < -0.3 is 9.47 Å². The lowest BCUT2D eigenvalue weighted by molar-refractivity contribution is -0.138. The van der Waals surface area contributed by atoms with Crippen LogP contribution in [-0.2, 0) is 18.3 Å². The van der Waals surface area contributed by atoms with Gasteiger partial charge >= 0.3 is 0 Å². The highest BCUT2D eigenvalue weighted by Crippen LogP contribution is 2.42. The lowest BCUT2D eigenvalue weighted by atomic mass is 9.79. The van der Waals surface area contributed by atoms with Crippen molar-refractivity contribution in [1.82, 2.24) is 19.7 Å². The molecule has 2 aromatic heterocycles. The van der Waals surface area contributed by atoms with Gasteiger partial charge in [-0.2, -0.15) is 5.10 Å². The van der Waals surface area contributed by atoms with Crippen LogP contribution in [0.25, 0.3) is 0 Å². The second-order valence-electron chi connectivity index (χ2n) is 6.89. The number of aromatic nitrogens is 3. The molecule has 24 heavy (non-hydrogen) atoms. The Morgan fingerprint density at radius 3 is 3.04 bits per heavy atom. The fraction of sp³-hybridized carbons (Fsp3) is 0.556. The van der Waals surface area contributed by atoms with Gasteiger partial charge in [0.05, 0.1) is 24.6 Å². The molecular formula is C18H24N4O2. The van der Waals surface area contributed by atoms with Crippen molar-refractivity contribution in [3.05, 3.63) is 42.5 Å². The van der Waals surface area contributed by atoms with Gasteiger partial charge in [0.2, 0.25) is 0 Å². The van der Waals surface area contributed by atoms with Gasteiger partial charge in [0, 0.05) is 51.2 Å². The smallest absolute Gasteiger partial charge is 0.137 e. The number of rotatable bonds is 6. The molecule has 2 fully saturated rings. The molecule has 6 heteroatoms. The van der Waals surface area contributed by atoms with E-state index in [4.69, 9.17) is 9.47 Å². The average molecular weight is 328 g/mol. The SMILES string of the molecule is Cn1cc(CN2CC3(C2)OCC[C@H]3CCOc2cccnc2)cn1. The van der Waals surface area contributed by atoms with Crippen molar-refractivity contribution in [2.24, 2.45) is 13.0 Å². The normalized spacial score (nSPS) is 22.6. The predicted molar refractivity (Wildman–Crippen MR) is 89.6 cm³/mol. The molecule has 0 saturated carbocycles. The summed E-state index contributed by atoms with van der Waals surface area (Å²) in [5, 5.41) is 4.24. The Labute approximate surface area is 142 Å². The van der Waals surface area contributed by atoms with Crippen molar-refractivity contribution in [2.45, 2.75) is 25.0 Å². The van der Waals surface area contributed by atoms with Crippen LogP contribution in [0.15, 0.2) is 36.9 Å². The maximum atomic E-state index is 6.13. The first-order valence-corrected chi connectivity index (χ1v) is 8.60. The summed E-state index contributed by atoms with van der Waals surface area (Å²) >= 11 is 0. The highest BCUT2D eigenvalue weighted by Gasteiger charge is 2.52. The monoisotopic (exact) mass is 328 g/mol. The van der Waals surface area contributed by atoms with E-state index in [1.54, 1.807) is 12.4 Å². The topological polar surface area (TPSA) is 52.4 Å². The Hall–Kier alpha value is -1.92. The van der Waals surface area contributed by atoms with Gasteiger partial charge in [0.1, 0.15) is 5.75 Å². The third-order valence-corrected chi connectivity index (χ3v) is 5.12. The van der Waals surface area contributed by atoms with Crippen molar-refractivity contribution in [1.29, 1.82) is 0 Å². The van der Waals surface area contributed by atoms with Crippen LogP contribution in [-0.4, -0.2) is 51.6 Å². The second kappa shape index (κ2) is 6.53. The van der Waals surface area contributed by atoms with Gasteiger partial charge in [-0.3, -0.25) is 14.6 Å². The van der Waals surface area contributed by atoms with Crippen molar-refractivity contribution < 1.29 is 9.47 Å². The first-order valence-electron chi connectivity index (χ1n) is 8.60. The number of ether oxygens (including phenoxy) is 2. The summed E-state index contributed by atoms with van der Waals surface area (Å²) in [4.78, 5) is 6.52. The molecule has 1 spiro atoms. The summed E-state index contributed by atoms with van der Waals surface area (Å²) in [6, 6.07) is 3.85.